The summed E-state index contributed by atoms with van der Waals surface area (Å²) in [6, 6.07) is 6.59. The van der Waals surface area contributed by atoms with Crippen molar-refractivity contribution in [2.75, 3.05) is 5.73 Å². The van der Waals surface area contributed by atoms with Crippen molar-refractivity contribution in [3.8, 4) is 0 Å². The average Bonchev–Trinajstić information content (AvgIpc) is 2.42. The number of carbonyl (C=O) groups excluding carboxylic acids is 1. The molecule has 2 aromatic rings. The molecular weight excluding hydrogens is 299 g/mol. The van der Waals surface area contributed by atoms with Crippen LogP contribution in [0.25, 0.3) is 0 Å². The first-order chi connectivity index (χ1) is 9.47. The van der Waals surface area contributed by atoms with E-state index < -0.39 is 5.97 Å². The lowest BCUT2D eigenvalue weighted by atomic mass is 10.2. The molecule has 1 heterocycles. The van der Waals surface area contributed by atoms with Gasteiger partial charge in [0.15, 0.2) is 0 Å². The number of aryl methyl sites for hydroxylation is 1. The van der Waals surface area contributed by atoms with Crippen LogP contribution in [0.15, 0.2) is 30.5 Å². The maximum Gasteiger partial charge on any atom is 0.340 e. The minimum atomic E-state index is -0.478. The van der Waals surface area contributed by atoms with Crippen LogP contribution >= 0.6 is 23.2 Å². The Labute approximate surface area is 126 Å². The summed E-state index contributed by atoms with van der Waals surface area (Å²) >= 11 is 11.7. The van der Waals surface area contributed by atoms with Gasteiger partial charge in [-0.15, -0.1) is 0 Å². The lowest BCUT2D eigenvalue weighted by Crippen LogP contribution is -2.09. The Balaban J connectivity index is 2.08. The number of anilines is 1. The normalized spacial score (nSPS) is 10.3. The minimum Gasteiger partial charge on any atom is -0.457 e. The van der Waals surface area contributed by atoms with Gasteiger partial charge in [-0.3, -0.25) is 4.98 Å². The van der Waals surface area contributed by atoms with Crippen LogP contribution in [0, 0.1) is 6.92 Å². The highest BCUT2D eigenvalue weighted by Gasteiger charge is 2.12. The van der Waals surface area contributed by atoms with Gasteiger partial charge in [0.1, 0.15) is 6.61 Å². The van der Waals surface area contributed by atoms with Crippen molar-refractivity contribution in [2.45, 2.75) is 13.5 Å². The van der Waals surface area contributed by atoms with E-state index in [4.69, 9.17) is 33.7 Å². The van der Waals surface area contributed by atoms with Crippen molar-refractivity contribution in [1.82, 2.24) is 4.98 Å². The van der Waals surface area contributed by atoms with Crippen molar-refractivity contribution in [2.24, 2.45) is 0 Å². The molecule has 0 aliphatic carbocycles. The monoisotopic (exact) mass is 310 g/mol. The first kappa shape index (κ1) is 14.6. The van der Waals surface area contributed by atoms with Crippen LogP contribution in [0.1, 0.15) is 21.6 Å². The van der Waals surface area contributed by atoms with E-state index in [2.05, 4.69) is 4.98 Å². The molecule has 0 saturated heterocycles. The Kier molecular flexibility index (Phi) is 4.47. The predicted molar refractivity (Wildman–Crippen MR) is 79.0 cm³/mol. The second-order valence-electron chi connectivity index (χ2n) is 4.23. The molecule has 0 fully saturated rings. The van der Waals surface area contributed by atoms with E-state index in [1.807, 2.05) is 0 Å². The van der Waals surface area contributed by atoms with Gasteiger partial charge in [0.2, 0.25) is 0 Å². The van der Waals surface area contributed by atoms with Crippen molar-refractivity contribution in [3.05, 3.63) is 57.3 Å². The summed E-state index contributed by atoms with van der Waals surface area (Å²) in [6.45, 7) is 1.82. The summed E-state index contributed by atoms with van der Waals surface area (Å²) in [5.74, 6) is -0.478. The van der Waals surface area contributed by atoms with Gasteiger partial charge in [-0.05, 0) is 30.7 Å². The first-order valence-corrected chi connectivity index (χ1v) is 6.56. The topological polar surface area (TPSA) is 65.2 Å². The zero-order valence-corrected chi connectivity index (χ0v) is 12.2. The van der Waals surface area contributed by atoms with Crippen LogP contribution in [-0.4, -0.2) is 11.0 Å². The van der Waals surface area contributed by atoms with Crippen molar-refractivity contribution in [1.29, 1.82) is 0 Å². The molecule has 0 spiro atoms. The van der Waals surface area contributed by atoms with Crippen molar-refractivity contribution < 1.29 is 9.53 Å². The zero-order chi connectivity index (χ0) is 14.7. The molecule has 0 aliphatic heterocycles. The number of pyridine rings is 1. The standard InChI is InChI=1S/C14H12Cl2N2O2/c1-8-11(5-10(17)6-18-8)14(19)20-7-9-2-3-12(15)13(16)4-9/h2-6H,7,17H2,1H3. The van der Waals surface area contributed by atoms with Crippen LogP contribution in [-0.2, 0) is 11.3 Å². The molecule has 104 valence electrons. The fourth-order valence-electron chi connectivity index (χ4n) is 1.61. The number of nitrogens with two attached hydrogens (primary N) is 1. The zero-order valence-electron chi connectivity index (χ0n) is 10.7. The third-order valence-electron chi connectivity index (χ3n) is 2.68. The number of hydrogen-bond donors (Lipinski definition) is 1. The Morgan fingerprint density at radius 1 is 1.30 bits per heavy atom. The summed E-state index contributed by atoms with van der Waals surface area (Å²) in [4.78, 5) is 16.0. The maximum absolute atomic E-state index is 12.0. The number of halogens is 2. The van der Waals surface area contributed by atoms with Crippen molar-refractivity contribution >= 4 is 34.9 Å². The molecule has 0 bridgehead atoms. The quantitative estimate of drug-likeness (QED) is 0.879. The summed E-state index contributed by atoms with van der Waals surface area (Å²) in [5, 5.41) is 0.875. The van der Waals surface area contributed by atoms with Crippen LogP contribution in [0.2, 0.25) is 10.0 Å². The number of nitrogen functional groups attached to an aromatic ring is 1. The molecule has 0 radical (unpaired) electrons. The van der Waals surface area contributed by atoms with Gasteiger partial charge in [-0.1, -0.05) is 29.3 Å². The van der Waals surface area contributed by atoms with Gasteiger partial charge >= 0.3 is 5.97 Å². The van der Waals surface area contributed by atoms with Crippen LogP contribution in [0.5, 0.6) is 0 Å². The molecular formula is C14H12Cl2N2O2. The minimum absolute atomic E-state index is 0.101. The van der Waals surface area contributed by atoms with Gasteiger partial charge in [-0.25, -0.2) is 4.79 Å². The van der Waals surface area contributed by atoms with Crippen molar-refractivity contribution in [3.63, 3.8) is 0 Å². The van der Waals surface area contributed by atoms with Gasteiger partial charge in [-0.2, -0.15) is 0 Å². The summed E-state index contributed by atoms with van der Waals surface area (Å²) in [6.07, 6.45) is 1.49. The van der Waals surface area contributed by atoms with E-state index in [9.17, 15) is 4.79 Å². The molecule has 0 saturated carbocycles. The summed E-state index contributed by atoms with van der Waals surface area (Å²) in [7, 11) is 0. The Morgan fingerprint density at radius 3 is 2.75 bits per heavy atom. The highest BCUT2D eigenvalue weighted by atomic mass is 35.5. The third kappa shape index (κ3) is 3.40. The van der Waals surface area contributed by atoms with Gasteiger partial charge in [0, 0.05) is 0 Å². The molecule has 2 N–H and O–H groups in total. The SMILES string of the molecule is Cc1ncc(N)cc1C(=O)OCc1ccc(Cl)c(Cl)c1. The van der Waals surface area contributed by atoms with E-state index in [1.165, 1.54) is 6.20 Å². The van der Waals surface area contributed by atoms with E-state index >= 15 is 0 Å². The van der Waals surface area contributed by atoms with Gasteiger partial charge < -0.3 is 10.5 Å². The van der Waals surface area contributed by atoms with Crippen LogP contribution in [0.3, 0.4) is 0 Å². The lowest BCUT2D eigenvalue weighted by molar-refractivity contribution is 0.0471. The fraction of sp³-hybridized carbons (Fsp3) is 0.143. The molecule has 1 aromatic heterocycles. The van der Waals surface area contributed by atoms with Gasteiger partial charge in [0.25, 0.3) is 0 Å². The molecule has 4 nitrogen and oxygen atoms in total. The van der Waals surface area contributed by atoms with E-state index in [0.717, 1.165) is 5.56 Å². The molecule has 6 heteroatoms. The molecule has 0 amide bonds. The Hall–Kier alpha value is -1.78. The largest absolute Gasteiger partial charge is 0.457 e. The lowest BCUT2D eigenvalue weighted by Gasteiger charge is -2.08. The molecule has 20 heavy (non-hydrogen) atoms. The van der Waals surface area contributed by atoms with E-state index in [0.29, 0.717) is 27.0 Å². The molecule has 0 aliphatic rings. The highest BCUT2D eigenvalue weighted by molar-refractivity contribution is 6.42. The first-order valence-electron chi connectivity index (χ1n) is 5.80. The number of aromatic nitrogens is 1. The Bertz CT molecular complexity index is 660. The highest BCUT2D eigenvalue weighted by Crippen LogP contribution is 2.23. The number of hydrogen-bond acceptors (Lipinski definition) is 4. The van der Waals surface area contributed by atoms with E-state index in [-0.39, 0.29) is 6.61 Å². The average molecular weight is 311 g/mol. The molecule has 1 aromatic carbocycles. The van der Waals surface area contributed by atoms with Gasteiger partial charge in [0.05, 0.1) is 33.2 Å². The van der Waals surface area contributed by atoms with E-state index in [1.54, 1.807) is 31.2 Å². The van der Waals surface area contributed by atoms with Crippen LogP contribution in [0.4, 0.5) is 5.69 Å². The molecule has 0 atom stereocenters. The Morgan fingerprint density at radius 2 is 2.05 bits per heavy atom. The smallest absolute Gasteiger partial charge is 0.340 e. The predicted octanol–water partition coefficient (Wildman–Crippen LogP) is 3.64. The fourth-order valence-corrected chi connectivity index (χ4v) is 1.93. The number of ether oxygens (including phenoxy) is 1. The van der Waals surface area contributed by atoms with Crippen LogP contribution < -0.4 is 5.73 Å². The number of rotatable bonds is 3. The molecule has 0 unspecified atom stereocenters. The third-order valence-corrected chi connectivity index (χ3v) is 3.42. The maximum atomic E-state index is 12.0. The number of carbonyl (C=O) groups is 1. The summed E-state index contributed by atoms with van der Waals surface area (Å²) in [5.41, 5.74) is 7.69. The number of nitrogens with zero attached hydrogens (tertiary/aromatic N) is 1. The molecule has 2 rings (SSSR count). The second-order valence-corrected chi connectivity index (χ2v) is 5.04. The number of esters is 1. The second kappa shape index (κ2) is 6.11. The summed E-state index contributed by atoms with van der Waals surface area (Å²) < 4.78 is 5.21. The number of benzene rings is 1.